The summed E-state index contributed by atoms with van der Waals surface area (Å²) in [5.41, 5.74) is 12.8. The normalized spacial score (nSPS) is 16.9. The van der Waals surface area contributed by atoms with Crippen molar-refractivity contribution in [1.82, 2.24) is 14.1 Å². The lowest BCUT2D eigenvalue weighted by Crippen LogP contribution is -2.42. The van der Waals surface area contributed by atoms with Crippen LogP contribution >= 0.6 is 0 Å². The second-order valence-electron chi connectivity index (χ2n) is 10.1. The second-order valence-corrected chi connectivity index (χ2v) is 10.1. The first-order chi connectivity index (χ1) is 16.8. The number of imidazole rings is 1. The van der Waals surface area contributed by atoms with Gasteiger partial charge in [-0.15, -0.1) is 0 Å². The summed E-state index contributed by atoms with van der Waals surface area (Å²) in [4.78, 5) is 19.4. The van der Waals surface area contributed by atoms with E-state index in [1.54, 1.807) is 0 Å². The van der Waals surface area contributed by atoms with Crippen molar-refractivity contribution in [3.05, 3.63) is 78.2 Å². The van der Waals surface area contributed by atoms with E-state index in [0.29, 0.717) is 25.1 Å². The summed E-state index contributed by atoms with van der Waals surface area (Å²) in [6.45, 7) is 5.27. The first kappa shape index (κ1) is 21.4. The molecule has 0 radical (unpaired) electrons. The minimum atomic E-state index is -0.399. The molecule has 0 bridgehead atoms. The van der Waals surface area contributed by atoms with Crippen molar-refractivity contribution in [1.29, 1.82) is 5.26 Å². The van der Waals surface area contributed by atoms with Crippen molar-refractivity contribution in [2.24, 2.45) is 11.7 Å². The lowest BCUT2D eigenvalue weighted by molar-refractivity contribution is -0.117. The van der Waals surface area contributed by atoms with Crippen LogP contribution in [0.15, 0.2) is 67.1 Å². The van der Waals surface area contributed by atoms with Gasteiger partial charge >= 0.3 is 0 Å². The SMILES string of the molecule is CC(C)(N)[C@H]1CC(=O)N(c2ccc3c(c2)Cn2cc(-c4ccc(C#N)cc4)cc2-c2nccn2-3)C1. The number of hydrogen-bond acceptors (Lipinski definition) is 4. The topological polar surface area (TPSA) is 92.9 Å². The molecule has 7 heteroatoms. The van der Waals surface area contributed by atoms with Crippen LogP contribution in [0.25, 0.3) is 28.3 Å². The standard InChI is InChI=1S/C28H26N6O/c1-28(2,30)22-13-26(35)34(17-22)23-7-8-24-21(11-23)16-32-15-20(19-5-3-18(14-29)4-6-19)12-25(32)27-31-9-10-33(24)27/h3-12,15,22H,13,16-17,30H2,1-2H3/t22-/m0/s1. The average molecular weight is 463 g/mol. The lowest BCUT2D eigenvalue weighted by atomic mass is 9.88. The molecule has 4 heterocycles. The highest BCUT2D eigenvalue weighted by atomic mass is 16.2. The van der Waals surface area contributed by atoms with Crippen molar-refractivity contribution < 1.29 is 4.79 Å². The predicted molar refractivity (Wildman–Crippen MR) is 135 cm³/mol. The van der Waals surface area contributed by atoms with E-state index in [4.69, 9.17) is 11.0 Å². The molecule has 0 unspecified atom stereocenters. The molecule has 2 N–H and O–H groups in total. The maximum absolute atomic E-state index is 12.9. The smallest absolute Gasteiger partial charge is 0.227 e. The van der Waals surface area contributed by atoms with Gasteiger partial charge in [0, 0.05) is 60.8 Å². The van der Waals surface area contributed by atoms with Crippen molar-refractivity contribution in [3.63, 3.8) is 0 Å². The molecule has 4 aromatic rings. The van der Waals surface area contributed by atoms with Gasteiger partial charge < -0.3 is 15.2 Å². The summed E-state index contributed by atoms with van der Waals surface area (Å²) in [5.74, 6) is 1.12. The number of nitrogens with zero attached hydrogens (tertiary/aromatic N) is 5. The van der Waals surface area contributed by atoms with E-state index in [9.17, 15) is 4.79 Å². The van der Waals surface area contributed by atoms with Crippen LogP contribution in [0.2, 0.25) is 0 Å². The van der Waals surface area contributed by atoms with E-state index in [1.165, 1.54) is 0 Å². The molecule has 0 spiro atoms. The van der Waals surface area contributed by atoms with Gasteiger partial charge in [0.2, 0.25) is 5.91 Å². The molecule has 2 aromatic carbocycles. The number of aromatic nitrogens is 3. The molecule has 1 saturated heterocycles. The average Bonchev–Trinajstić information content (AvgIpc) is 3.56. The predicted octanol–water partition coefficient (Wildman–Crippen LogP) is 4.33. The largest absolute Gasteiger partial charge is 0.340 e. The Morgan fingerprint density at radius 3 is 2.63 bits per heavy atom. The molecule has 0 saturated carbocycles. The van der Waals surface area contributed by atoms with Crippen LogP contribution < -0.4 is 10.6 Å². The fraction of sp³-hybridized carbons (Fsp3) is 0.250. The van der Waals surface area contributed by atoms with Crippen LogP contribution in [0.3, 0.4) is 0 Å². The first-order valence-corrected chi connectivity index (χ1v) is 11.8. The van der Waals surface area contributed by atoms with E-state index >= 15 is 0 Å². The third kappa shape index (κ3) is 3.54. The molecule has 1 fully saturated rings. The van der Waals surface area contributed by atoms with Crippen LogP contribution in [-0.2, 0) is 11.3 Å². The lowest BCUT2D eigenvalue weighted by Gasteiger charge is -2.26. The van der Waals surface area contributed by atoms with Crippen molar-refractivity contribution in [2.45, 2.75) is 32.4 Å². The van der Waals surface area contributed by atoms with Gasteiger partial charge in [-0.1, -0.05) is 12.1 Å². The van der Waals surface area contributed by atoms with Crippen LogP contribution in [0.1, 0.15) is 31.4 Å². The highest BCUT2D eigenvalue weighted by Crippen LogP contribution is 2.37. The maximum atomic E-state index is 12.9. The zero-order chi connectivity index (χ0) is 24.3. The molecule has 1 amide bonds. The van der Waals surface area contributed by atoms with Gasteiger partial charge in [0.25, 0.3) is 0 Å². The Kier molecular flexibility index (Phi) is 4.70. The molecule has 0 aliphatic carbocycles. The number of nitrogens with two attached hydrogens (primary N) is 1. The summed E-state index contributed by atoms with van der Waals surface area (Å²) < 4.78 is 4.32. The minimum absolute atomic E-state index is 0.121. The Morgan fingerprint density at radius 2 is 1.91 bits per heavy atom. The summed E-state index contributed by atoms with van der Waals surface area (Å²) in [6.07, 6.45) is 6.40. The molecular formula is C28H26N6O. The fourth-order valence-electron chi connectivity index (χ4n) is 5.15. The highest BCUT2D eigenvalue weighted by molar-refractivity contribution is 5.96. The Labute approximate surface area is 204 Å². The summed E-state index contributed by atoms with van der Waals surface area (Å²) >= 11 is 0. The zero-order valence-corrected chi connectivity index (χ0v) is 19.8. The number of benzene rings is 2. The van der Waals surface area contributed by atoms with E-state index in [1.807, 2.05) is 61.5 Å². The number of amides is 1. The van der Waals surface area contributed by atoms with Gasteiger partial charge in [0.1, 0.15) is 0 Å². The molecule has 2 aliphatic heterocycles. The molecule has 35 heavy (non-hydrogen) atoms. The molecule has 6 rings (SSSR count). The van der Waals surface area contributed by atoms with Gasteiger partial charge in [-0.3, -0.25) is 9.36 Å². The van der Waals surface area contributed by atoms with Crippen LogP contribution in [0.4, 0.5) is 5.69 Å². The Bertz CT molecular complexity index is 1500. The number of hydrogen-bond donors (Lipinski definition) is 1. The van der Waals surface area contributed by atoms with Crippen molar-refractivity contribution in [3.8, 4) is 34.4 Å². The van der Waals surface area contributed by atoms with Gasteiger partial charge in [-0.2, -0.15) is 5.26 Å². The van der Waals surface area contributed by atoms with Crippen LogP contribution in [0.5, 0.6) is 0 Å². The summed E-state index contributed by atoms with van der Waals surface area (Å²) in [7, 11) is 0. The third-order valence-corrected chi connectivity index (χ3v) is 7.27. The molecule has 7 nitrogen and oxygen atoms in total. The number of carbonyl (C=O) groups is 1. The number of carbonyl (C=O) groups excluding carboxylic acids is 1. The summed E-state index contributed by atoms with van der Waals surface area (Å²) in [5, 5.41) is 9.12. The van der Waals surface area contributed by atoms with E-state index in [0.717, 1.165) is 39.6 Å². The monoisotopic (exact) mass is 462 g/mol. The van der Waals surface area contributed by atoms with Gasteiger partial charge in [-0.05, 0) is 61.4 Å². The Balaban J connectivity index is 1.40. The molecule has 174 valence electrons. The van der Waals surface area contributed by atoms with Crippen LogP contribution in [-0.4, -0.2) is 32.1 Å². The minimum Gasteiger partial charge on any atom is -0.340 e. The third-order valence-electron chi connectivity index (χ3n) is 7.27. The van der Waals surface area contributed by atoms with Crippen molar-refractivity contribution in [2.75, 3.05) is 11.4 Å². The Hall–Kier alpha value is -4.15. The molecule has 1 atom stereocenters. The Morgan fingerprint density at radius 1 is 1.11 bits per heavy atom. The van der Waals surface area contributed by atoms with Gasteiger partial charge in [0.05, 0.1) is 23.0 Å². The molecule has 2 aliphatic rings. The van der Waals surface area contributed by atoms with Gasteiger partial charge in [-0.25, -0.2) is 4.98 Å². The van der Waals surface area contributed by atoms with Crippen molar-refractivity contribution >= 4 is 11.6 Å². The molecular weight excluding hydrogens is 436 g/mol. The number of fused-ring (bicyclic) bond motifs is 5. The van der Waals surface area contributed by atoms with E-state index in [-0.39, 0.29) is 11.8 Å². The highest BCUT2D eigenvalue weighted by Gasteiger charge is 2.38. The van der Waals surface area contributed by atoms with Gasteiger partial charge in [0.15, 0.2) is 5.82 Å². The quantitative estimate of drug-likeness (QED) is 0.432. The van der Waals surface area contributed by atoms with Crippen LogP contribution in [0, 0.1) is 17.2 Å². The van der Waals surface area contributed by atoms with E-state index in [2.05, 4.69) is 44.6 Å². The number of rotatable bonds is 3. The fourth-order valence-corrected chi connectivity index (χ4v) is 5.15. The zero-order valence-electron chi connectivity index (χ0n) is 19.8. The van der Waals surface area contributed by atoms with E-state index < -0.39 is 5.54 Å². The first-order valence-electron chi connectivity index (χ1n) is 11.8. The number of nitriles is 1. The second kappa shape index (κ2) is 7.69. The maximum Gasteiger partial charge on any atom is 0.227 e. The summed E-state index contributed by atoms with van der Waals surface area (Å²) in [6, 6.07) is 18.2. The molecule has 2 aromatic heterocycles. The number of anilines is 1.